The van der Waals surface area contributed by atoms with Crippen LogP contribution in [0.25, 0.3) is 11.3 Å². The lowest BCUT2D eigenvalue weighted by Gasteiger charge is -2.28. The molecule has 1 unspecified atom stereocenters. The molecule has 1 N–H and O–H groups in total. The number of hydrogen-bond acceptors (Lipinski definition) is 8. The summed E-state index contributed by atoms with van der Waals surface area (Å²) in [7, 11) is 0. The third-order valence-electron chi connectivity index (χ3n) is 5.82. The van der Waals surface area contributed by atoms with Crippen molar-refractivity contribution in [1.82, 2.24) is 19.7 Å². The number of rotatable bonds is 8. The van der Waals surface area contributed by atoms with Crippen molar-refractivity contribution in [3.8, 4) is 23.4 Å². The maximum Gasteiger partial charge on any atom is 0.227 e. The van der Waals surface area contributed by atoms with E-state index in [1.54, 1.807) is 17.1 Å². The fraction of sp³-hybridized carbons (Fsp3) is 0.375. The van der Waals surface area contributed by atoms with Crippen LogP contribution in [0.2, 0.25) is 0 Å². The minimum atomic E-state index is -0.543. The van der Waals surface area contributed by atoms with Gasteiger partial charge in [-0.25, -0.2) is 9.97 Å². The molecule has 9 heteroatoms. The Kier molecular flexibility index (Phi) is 6.82. The number of aromatic nitrogens is 4. The first-order valence-electron chi connectivity index (χ1n) is 10.9. The minimum absolute atomic E-state index is 0.271. The van der Waals surface area contributed by atoms with Gasteiger partial charge in [0.25, 0.3) is 0 Å². The van der Waals surface area contributed by atoms with E-state index < -0.39 is 5.54 Å². The van der Waals surface area contributed by atoms with Gasteiger partial charge in [-0.1, -0.05) is 0 Å². The standard InChI is InChI=1S/C24H26N8O/c1-24(9-11-26,8-2-10-25)32-18-19(17-28-32)22-7-12-27-23(30-22)29-20-3-5-21(6-4-20)31-13-15-33-16-14-31/h3-7,12,17-18H,2,8-9,13-16H2,1H3,(H,27,29,30). The monoisotopic (exact) mass is 442 g/mol. The van der Waals surface area contributed by atoms with Crippen LogP contribution < -0.4 is 10.2 Å². The summed E-state index contributed by atoms with van der Waals surface area (Å²) < 4.78 is 7.18. The Balaban J connectivity index is 1.48. The van der Waals surface area contributed by atoms with Crippen LogP contribution in [0.1, 0.15) is 26.2 Å². The van der Waals surface area contributed by atoms with Crippen LogP contribution >= 0.6 is 0 Å². The molecule has 4 rings (SSSR count). The van der Waals surface area contributed by atoms with E-state index in [0.29, 0.717) is 18.8 Å². The van der Waals surface area contributed by atoms with E-state index in [-0.39, 0.29) is 6.42 Å². The molecule has 1 aliphatic heterocycles. The topological polar surface area (TPSA) is 116 Å². The summed E-state index contributed by atoms with van der Waals surface area (Å²) in [6.45, 7) is 5.25. The Bertz CT molecular complexity index is 1150. The number of benzene rings is 1. The van der Waals surface area contributed by atoms with Gasteiger partial charge in [-0.15, -0.1) is 0 Å². The number of ether oxygens (including phenoxy) is 1. The van der Waals surface area contributed by atoms with Crippen LogP contribution in [-0.4, -0.2) is 46.1 Å². The Morgan fingerprint density at radius 3 is 2.64 bits per heavy atom. The van der Waals surface area contributed by atoms with Gasteiger partial charge in [0.15, 0.2) is 0 Å². The molecule has 168 valence electrons. The van der Waals surface area contributed by atoms with E-state index in [0.717, 1.165) is 43.2 Å². The molecule has 1 fully saturated rings. The Morgan fingerprint density at radius 2 is 1.91 bits per heavy atom. The third kappa shape index (κ3) is 5.28. The lowest BCUT2D eigenvalue weighted by molar-refractivity contribution is 0.122. The molecule has 0 saturated carbocycles. The van der Waals surface area contributed by atoms with Crippen LogP contribution in [0.15, 0.2) is 48.9 Å². The van der Waals surface area contributed by atoms with E-state index in [1.807, 2.05) is 31.3 Å². The molecular weight excluding hydrogens is 416 g/mol. The first-order valence-corrected chi connectivity index (χ1v) is 10.9. The summed E-state index contributed by atoms with van der Waals surface area (Å²) in [5.74, 6) is 0.489. The van der Waals surface area contributed by atoms with E-state index in [9.17, 15) is 5.26 Å². The van der Waals surface area contributed by atoms with Crippen molar-refractivity contribution in [3.05, 3.63) is 48.9 Å². The van der Waals surface area contributed by atoms with Gasteiger partial charge in [-0.2, -0.15) is 15.6 Å². The molecule has 0 spiro atoms. The fourth-order valence-electron chi connectivity index (χ4n) is 3.82. The van der Waals surface area contributed by atoms with Crippen LogP contribution in [-0.2, 0) is 10.3 Å². The second kappa shape index (κ2) is 10.1. The highest BCUT2D eigenvalue weighted by atomic mass is 16.5. The van der Waals surface area contributed by atoms with E-state index in [2.05, 4.69) is 49.6 Å². The van der Waals surface area contributed by atoms with Crippen LogP contribution in [0.3, 0.4) is 0 Å². The van der Waals surface area contributed by atoms with Gasteiger partial charge < -0.3 is 15.0 Å². The second-order valence-corrected chi connectivity index (χ2v) is 8.20. The number of morpholine rings is 1. The largest absolute Gasteiger partial charge is 0.378 e. The number of nitriles is 2. The van der Waals surface area contributed by atoms with Crippen molar-refractivity contribution < 1.29 is 4.74 Å². The van der Waals surface area contributed by atoms with E-state index in [4.69, 9.17) is 10.00 Å². The molecule has 0 radical (unpaired) electrons. The zero-order valence-electron chi connectivity index (χ0n) is 18.6. The van der Waals surface area contributed by atoms with Gasteiger partial charge in [0.05, 0.1) is 49.2 Å². The molecule has 0 aliphatic carbocycles. The smallest absolute Gasteiger partial charge is 0.227 e. The molecule has 1 aromatic carbocycles. The Morgan fingerprint density at radius 1 is 1.12 bits per heavy atom. The molecular formula is C24H26N8O. The average molecular weight is 443 g/mol. The minimum Gasteiger partial charge on any atom is -0.378 e. The predicted molar refractivity (Wildman–Crippen MR) is 125 cm³/mol. The normalized spacial score (nSPS) is 15.3. The van der Waals surface area contributed by atoms with Crippen molar-refractivity contribution in [2.24, 2.45) is 0 Å². The molecule has 2 aromatic heterocycles. The lowest BCUT2D eigenvalue weighted by Crippen LogP contribution is -2.36. The van der Waals surface area contributed by atoms with Crippen molar-refractivity contribution in [2.75, 3.05) is 36.5 Å². The van der Waals surface area contributed by atoms with Crippen LogP contribution in [0.4, 0.5) is 17.3 Å². The number of nitrogens with zero attached hydrogens (tertiary/aromatic N) is 7. The molecule has 9 nitrogen and oxygen atoms in total. The predicted octanol–water partition coefficient (Wildman–Crippen LogP) is 3.85. The van der Waals surface area contributed by atoms with Crippen molar-refractivity contribution in [1.29, 1.82) is 10.5 Å². The summed E-state index contributed by atoms with van der Waals surface area (Å²) in [6, 6.07) is 14.4. The van der Waals surface area contributed by atoms with Crippen LogP contribution in [0.5, 0.6) is 0 Å². The van der Waals surface area contributed by atoms with Crippen molar-refractivity contribution >= 4 is 17.3 Å². The number of nitrogens with one attached hydrogen (secondary N) is 1. The average Bonchev–Trinajstić information content (AvgIpc) is 3.36. The molecule has 1 aliphatic rings. The summed E-state index contributed by atoms with van der Waals surface area (Å²) >= 11 is 0. The lowest BCUT2D eigenvalue weighted by atomic mass is 9.93. The quantitative estimate of drug-likeness (QED) is 0.559. The molecule has 33 heavy (non-hydrogen) atoms. The highest BCUT2D eigenvalue weighted by Crippen LogP contribution is 2.28. The molecule has 0 bridgehead atoms. The SMILES string of the molecule is CC(CC#N)(CCC#N)n1cc(-c2ccnc(Nc3ccc(N4CCOCC4)cc3)n2)cn1. The highest BCUT2D eigenvalue weighted by Gasteiger charge is 2.27. The van der Waals surface area contributed by atoms with E-state index >= 15 is 0 Å². The molecule has 1 saturated heterocycles. The van der Waals surface area contributed by atoms with Gasteiger partial charge in [-0.3, -0.25) is 4.68 Å². The van der Waals surface area contributed by atoms with Gasteiger partial charge in [0.1, 0.15) is 0 Å². The Labute approximate surface area is 193 Å². The fourth-order valence-corrected chi connectivity index (χ4v) is 3.82. The maximum atomic E-state index is 9.24. The maximum absolute atomic E-state index is 9.24. The van der Waals surface area contributed by atoms with Gasteiger partial charge in [0, 0.05) is 48.8 Å². The zero-order chi connectivity index (χ0) is 23.1. The first-order chi connectivity index (χ1) is 16.1. The first kappa shape index (κ1) is 22.3. The summed E-state index contributed by atoms with van der Waals surface area (Å²) in [5.41, 5.74) is 3.08. The molecule has 3 aromatic rings. The highest BCUT2D eigenvalue weighted by molar-refractivity contribution is 5.62. The number of anilines is 3. The van der Waals surface area contributed by atoms with Gasteiger partial charge in [0.2, 0.25) is 5.95 Å². The Hall–Kier alpha value is -3.95. The number of hydrogen-bond donors (Lipinski definition) is 1. The molecule has 3 heterocycles. The van der Waals surface area contributed by atoms with E-state index in [1.165, 1.54) is 5.69 Å². The molecule has 1 atom stereocenters. The summed E-state index contributed by atoms with van der Waals surface area (Å²) in [4.78, 5) is 11.3. The third-order valence-corrected chi connectivity index (χ3v) is 5.82. The zero-order valence-corrected chi connectivity index (χ0v) is 18.6. The van der Waals surface area contributed by atoms with Gasteiger partial charge in [-0.05, 0) is 43.7 Å². The molecule has 0 amide bonds. The van der Waals surface area contributed by atoms with Crippen LogP contribution in [0, 0.1) is 22.7 Å². The van der Waals surface area contributed by atoms with Crippen molar-refractivity contribution in [3.63, 3.8) is 0 Å². The summed E-state index contributed by atoms with van der Waals surface area (Å²) in [5, 5.41) is 25.9. The summed E-state index contributed by atoms with van der Waals surface area (Å²) in [6.07, 6.45) is 6.48. The second-order valence-electron chi connectivity index (χ2n) is 8.20. The van der Waals surface area contributed by atoms with Crippen molar-refractivity contribution in [2.45, 2.75) is 31.7 Å². The van der Waals surface area contributed by atoms with Gasteiger partial charge >= 0.3 is 0 Å².